The lowest BCUT2D eigenvalue weighted by Crippen LogP contribution is -2.52. The van der Waals surface area contributed by atoms with Crippen LogP contribution in [0.1, 0.15) is 43.5 Å². The molecule has 1 fully saturated rings. The minimum absolute atomic E-state index is 0.0802. The van der Waals surface area contributed by atoms with Crippen LogP contribution in [0.15, 0.2) is 49.6 Å². The maximum absolute atomic E-state index is 13.1. The van der Waals surface area contributed by atoms with Gasteiger partial charge in [-0.2, -0.15) is 5.10 Å². The Morgan fingerprint density at radius 2 is 2.29 bits per heavy atom. The van der Waals surface area contributed by atoms with Crippen LogP contribution in [0.2, 0.25) is 0 Å². The number of likely N-dealkylation sites (tertiary alicyclic amines) is 1. The zero-order valence-corrected chi connectivity index (χ0v) is 14.4. The molecule has 24 heavy (non-hydrogen) atoms. The van der Waals surface area contributed by atoms with E-state index in [-0.39, 0.29) is 17.4 Å². The van der Waals surface area contributed by atoms with Crippen molar-refractivity contribution >= 4 is 5.91 Å². The molecule has 0 aliphatic carbocycles. The Morgan fingerprint density at radius 1 is 1.46 bits per heavy atom. The van der Waals surface area contributed by atoms with Gasteiger partial charge in [0.2, 0.25) is 0 Å². The van der Waals surface area contributed by atoms with Crippen LogP contribution < -0.4 is 0 Å². The van der Waals surface area contributed by atoms with Crippen molar-refractivity contribution in [2.45, 2.75) is 39.2 Å². The fourth-order valence-electron chi connectivity index (χ4n) is 3.59. The molecule has 126 valence electrons. The molecule has 2 heterocycles. The molecule has 1 aliphatic rings. The summed E-state index contributed by atoms with van der Waals surface area (Å²) in [6, 6.07) is 7.75. The SMILES string of the molecule is C=CCC1N(C(=O)c2cccc(-n3cncn3)c2)CCCC1(C)C. The number of nitrogens with zero attached hydrogens (tertiary/aromatic N) is 4. The first-order valence-corrected chi connectivity index (χ1v) is 8.40. The number of benzene rings is 1. The molecule has 5 nitrogen and oxygen atoms in total. The third kappa shape index (κ3) is 3.11. The van der Waals surface area contributed by atoms with E-state index in [1.165, 1.54) is 6.33 Å². The fourth-order valence-corrected chi connectivity index (χ4v) is 3.59. The van der Waals surface area contributed by atoms with Gasteiger partial charge in [0.1, 0.15) is 12.7 Å². The number of aromatic nitrogens is 3. The molecule has 1 aromatic carbocycles. The topological polar surface area (TPSA) is 51.0 Å². The number of hydrogen-bond donors (Lipinski definition) is 0. The molecular weight excluding hydrogens is 300 g/mol. The van der Waals surface area contributed by atoms with Gasteiger partial charge in [0.15, 0.2) is 0 Å². The Hall–Kier alpha value is -2.43. The van der Waals surface area contributed by atoms with Crippen LogP contribution in [-0.4, -0.2) is 38.2 Å². The second-order valence-electron chi connectivity index (χ2n) is 7.02. The van der Waals surface area contributed by atoms with Crippen LogP contribution in [0.5, 0.6) is 0 Å². The monoisotopic (exact) mass is 324 g/mol. The van der Waals surface area contributed by atoms with Gasteiger partial charge >= 0.3 is 0 Å². The number of carbonyl (C=O) groups excluding carboxylic acids is 1. The van der Waals surface area contributed by atoms with E-state index in [9.17, 15) is 4.79 Å². The third-order valence-electron chi connectivity index (χ3n) is 4.93. The molecule has 0 bridgehead atoms. The fraction of sp³-hybridized carbons (Fsp3) is 0.421. The molecule has 5 heteroatoms. The average molecular weight is 324 g/mol. The van der Waals surface area contributed by atoms with Crippen molar-refractivity contribution in [3.63, 3.8) is 0 Å². The summed E-state index contributed by atoms with van der Waals surface area (Å²) in [7, 11) is 0. The van der Waals surface area contributed by atoms with Crippen molar-refractivity contribution in [3.8, 4) is 5.69 Å². The van der Waals surface area contributed by atoms with Gasteiger partial charge in [-0.1, -0.05) is 26.0 Å². The molecule has 0 spiro atoms. The quantitative estimate of drug-likeness (QED) is 0.809. The van der Waals surface area contributed by atoms with Crippen molar-refractivity contribution in [2.75, 3.05) is 6.54 Å². The zero-order valence-electron chi connectivity index (χ0n) is 14.4. The van der Waals surface area contributed by atoms with Gasteiger partial charge in [0, 0.05) is 18.2 Å². The highest BCUT2D eigenvalue weighted by Gasteiger charge is 2.39. The lowest BCUT2D eigenvalue weighted by molar-refractivity contribution is 0.0288. The van der Waals surface area contributed by atoms with E-state index in [2.05, 4.69) is 30.5 Å². The van der Waals surface area contributed by atoms with Crippen LogP contribution >= 0.6 is 0 Å². The van der Waals surface area contributed by atoms with E-state index >= 15 is 0 Å². The Kier molecular flexibility index (Phi) is 4.51. The summed E-state index contributed by atoms with van der Waals surface area (Å²) in [5.41, 5.74) is 1.63. The Morgan fingerprint density at radius 3 is 3.00 bits per heavy atom. The van der Waals surface area contributed by atoms with Gasteiger partial charge in [0.05, 0.1) is 5.69 Å². The van der Waals surface area contributed by atoms with Gasteiger partial charge < -0.3 is 4.90 Å². The predicted octanol–water partition coefficient (Wildman–Crippen LogP) is 3.47. The normalized spacial score (nSPS) is 19.9. The highest BCUT2D eigenvalue weighted by Crippen LogP contribution is 2.37. The van der Waals surface area contributed by atoms with Gasteiger partial charge in [-0.15, -0.1) is 6.58 Å². The second-order valence-corrected chi connectivity index (χ2v) is 7.02. The van der Waals surface area contributed by atoms with E-state index in [4.69, 9.17) is 0 Å². The largest absolute Gasteiger partial charge is 0.335 e. The molecule has 1 saturated heterocycles. The Balaban J connectivity index is 1.90. The molecule has 1 aromatic heterocycles. The summed E-state index contributed by atoms with van der Waals surface area (Å²) in [4.78, 5) is 19.1. The Bertz CT molecular complexity index is 721. The van der Waals surface area contributed by atoms with Crippen molar-refractivity contribution in [2.24, 2.45) is 5.41 Å². The van der Waals surface area contributed by atoms with Crippen molar-refractivity contribution in [3.05, 3.63) is 55.1 Å². The summed E-state index contributed by atoms with van der Waals surface area (Å²) >= 11 is 0. The number of carbonyl (C=O) groups is 1. The number of piperidine rings is 1. The maximum atomic E-state index is 13.1. The Labute approximate surface area is 143 Å². The van der Waals surface area contributed by atoms with E-state index in [0.29, 0.717) is 5.56 Å². The van der Waals surface area contributed by atoms with Gasteiger partial charge in [-0.3, -0.25) is 4.79 Å². The lowest BCUT2D eigenvalue weighted by Gasteiger charge is -2.46. The van der Waals surface area contributed by atoms with Crippen molar-refractivity contribution in [1.82, 2.24) is 19.7 Å². The molecule has 1 amide bonds. The first kappa shape index (κ1) is 16.4. The minimum atomic E-state index is 0.0802. The molecule has 1 aliphatic heterocycles. The van der Waals surface area contributed by atoms with E-state index < -0.39 is 0 Å². The maximum Gasteiger partial charge on any atom is 0.254 e. The van der Waals surface area contributed by atoms with Gasteiger partial charge in [0.25, 0.3) is 5.91 Å². The van der Waals surface area contributed by atoms with E-state index in [1.54, 1.807) is 11.0 Å². The van der Waals surface area contributed by atoms with E-state index in [0.717, 1.165) is 31.5 Å². The van der Waals surface area contributed by atoms with Crippen LogP contribution in [0.4, 0.5) is 0 Å². The minimum Gasteiger partial charge on any atom is -0.335 e. The highest BCUT2D eigenvalue weighted by molar-refractivity contribution is 5.95. The summed E-state index contributed by atoms with van der Waals surface area (Å²) in [6.07, 6.45) is 8.03. The van der Waals surface area contributed by atoms with Crippen molar-refractivity contribution < 1.29 is 4.79 Å². The van der Waals surface area contributed by atoms with Crippen LogP contribution in [0, 0.1) is 5.41 Å². The van der Waals surface area contributed by atoms with Crippen LogP contribution in [0.25, 0.3) is 5.69 Å². The molecule has 0 N–H and O–H groups in total. The predicted molar refractivity (Wildman–Crippen MR) is 94.0 cm³/mol. The number of hydrogen-bond acceptors (Lipinski definition) is 3. The molecule has 1 unspecified atom stereocenters. The van der Waals surface area contributed by atoms with Gasteiger partial charge in [-0.05, 0) is 42.9 Å². The molecule has 1 atom stereocenters. The van der Waals surface area contributed by atoms with Crippen LogP contribution in [0.3, 0.4) is 0 Å². The molecule has 2 aromatic rings. The molecule has 3 rings (SSSR count). The summed E-state index contributed by atoms with van der Waals surface area (Å²) < 4.78 is 1.66. The molecule has 0 saturated carbocycles. The van der Waals surface area contributed by atoms with E-state index in [1.807, 2.05) is 35.2 Å². The zero-order chi connectivity index (χ0) is 17.2. The number of amides is 1. The standard InChI is InChI=1S/C19H24N4O/c1-4-7-17-19(2,3)10-6-11-22(17)18(24)15-8-5-9-16(12-15)23-14-20-13-21-23/h4-5,8-9,12-14,17H,1,6-7,10-11H2,2-3H3. The van der Waals surface area contributed by atoms with Gasteiger partial charge in [-0.25, -0.2) is 9.67 Å². The summed E-state index contributed by atoms with van der Waals surface area (Å²) in [6.45, 7) is 9.16. The molecular formula is C19H24N4O. The number of rotatable bonds is 4. The third-order valence-corrected chi connectivity index (χ3v) is 4.93. The lowest BCUT2D eigenvalue weighted by atomic mass is 9.75. The molecule has 0 radical (unpaired) electrons. The van der Waals surface area contributed by atoms with Crippen LogP contribution in [-0.2, 0) is 0 Å². The summed E-state index contributed by atoms with van der Waals surface area (Å²) in [5, 5.41) is 4.13. The first-order chi connectivity index (χ1) is 11.5. The first-order valence-electron chi connectivity index (χ1n) is 8.40. The average Bonchev–Trinajstić information content (AvgIpc) is 3.11. The highest BCUT2D eigenvalue weighted by atomic mass is 16.2. The smallest absolute Gasteiger partial charge is 0.254 e. The summed E-state index contributed by atoms with van der Waals surface area (Å²) in [5.74, 6) is 0.0802. The van der Waals surface area contributed by atoms with Crippen molar-refractivity contribution in [1.29, 1.82) is 0 Å². The second kappa shape index (κ2) is 6.59.